The van der Waals surface area contributed by atoms with E-state index in [1.807, 2.05) is 25.1 Å². The van der Waals surface area contributed by atoms with Crippen LogP contribution in [0.1, 0.15) is 64.3 Å². The second-order valence-corrected chi connectivity index (χ2v) is 13.7. The number of nitrogens with one attached hydrogen (secondary N) is 4. The average Bonchev–Trinajstić information content (AvgIpc) is 4.03. The summed E-state index contributed by atoms with van der Waals surface area (Å²) in [5.74, 6) is -1.61. The number of amides is 5. The van der Waals surface area contributed by atoms with Crippen molar-refractivity contribution in [2.24, 2.45) is 11.5 Å². The van der Waals surface area contributed by atoms with Gasteiger partial charge in [-0.1, -0.05) is 24.3 Å². The Labute approximate surface area is 320 Å². The van der Waals surface area contributed by atoms with E-state index in [-0.39, 0.29) is 39.3 Å². The zero-order valence-electron chi connectivity index (χ0n) is 31.3. The van der Waals surface area contributed by atoms with Crippen molar-refractivity contribution in [3.05, 3.63) is 82.4 Å². The molecule has 1 saturated carbocycles. The Hall–Kier alpha value is -5.98. The van der Waals surface area contributed by atoms with Crippen molar-refractivity contribution >= 4 is 29.5 Å². The van der Waals surface area contributed by atoms with Gasteiger partial charge in [0.25, 0.3) is 5.91 Å². The number of nitrogens with zero attached hydrogens (tertiary/aromatic N) is 2. The fraction of sp³-hybridized carbons (Fsp3) is 0.400. The molecule has 0 unspecified atom stereocenters. The molecule has 1 aliphatic carbocycles. The van der Waals surface area contributed by atoms with Crippen LogP contribution in [-0.4, -0.2) is 93.0 Å². The van der Waals surface area contributed by atoms with Crippen molar-refractivity contribution in [3.63, 3.8) is 0 Å². The van der Waals surface area contributed by atoms with Gasteiger partial charge in [-0.2, -0.15) is 5.26 Å². The van der Waals surface area contributed by atoms with Crippen molar-refractivity contribution < 1.29 is 33.4 Å². The van der Waals surface area contributed by atoms with Gasteiger partial charge in [-0.05, 0) is 85.2 Å². The third-order valence-electron chi connectivity index (χ3n) is 9.54. The van der Waals surface area contributed by atoms with E-state index in [1.54, 1.807) is 42.5 Å². The predicted octanol–water partition coefficient (Wildman–Crippen LogP) is 1.33. The summed E-state index contributed by atoms with van der Waals surface area (Å²) < 4.78 is 12.1. The van der Waals surface area contributed by atoms with Gasteiger partial charge in [0.15, 0.2) is 0 Å². The zero-order valence-corrected chi connectivity index (χ0v) is 31.3. The summed E-state index contributed by atoms with van der Waals surface area (Å²) >= 11 is 0. The van der Waals surface area contributed by atoms with Gasteiger partial charge in [0.2, 0.25) is 23.6 Å². The Balaban J connectivity index is 1.54. The van der Waals surface area contributed by atoms with Crippen LogP contribution in [0.3, 0.4) is 0 Å². The maximum absolute atomic E-state index is 14.2. The van der Waals surface area contributed by atoms with Gasteiger partial charge in [-0.3, -0.25) is 24.0 Å². The molecular weight excluding hydrogens is 704 g/mol. The number of nitriles is 1. The van der Waals surface area contributed by atoms with E-state index < -0.39 is 54.2 Å². The molecule has 0 spiro atoms. The average molecular weight is 753 g/mol. The monoisotopic (exact) mass is 752 g/mol. The van der Waals surface area contributed by atoms with Crippen LogP contribution in [0, 0.1) is 18.3 Å². The van der Waals surface area contributed by atoms with Crippen LogP contribution in [0.15, 0.2) is 54.6 Å². The summed E-state index contributed by atoms with van der Waals surface area (Å²) in [5, 5.41) is 19.7. The molecule has 0 saturated heterocycles. The molecule has 15 heteroatoms. The molecule has 1 aliphatic heterocycles. The first kappa shape index (κ1) is 40.2. The first-order valence-corrected chi connectivity index (χ1v) is 18.3. The molecule has 4 bridgehead atoms. The highest BCUT2D eigenvalue weighted by atomic mass is 16.5. The minimum atomic E-state index is -1.30. The summed E-state index contributed by atoms with van der Waals surface area (Å²) in [6, 6.07) is 14.2. The Bertz CT molecular complexity index is 1970. The molecule has 8 N–H and O–H groups in total. The highest BCUT2D eigenvalue weighted by Crippen LogP contribution is 2.41. The Kier molecular flexibility index (Phi) is 13.4. The number of nitrogens with two attached hydrogens (primary N) is 2. The van der Waals surface area contributed by atoms with E-state index in [4.69, 9.17) is 26.2 Å². The third kappa shape index (κ3) is 9.97. The normalized spacial score (nSPS) is 18.1. The van der Waals surface area contributed by atoms with Gasteiger partial charge in [-0.15, -0.1) is 0 Å². The van der Waals surface area contributed by atoms with Gasteiger partial charge < -0.3 is 47.1 Å². The van der Waals surface area contributed by atoms with E-state index in [9.17, 15) is 24.0 Å². The molecule has 2 aliphatic rings. The first-order valence-electron chi connectivity index (χ1n) is 18.3. The quantitative estimate of drug-likeness (QED) is 0.137. The number of carbonyl (C=O) groups excluding carboxylic acids is 5. The number of hydrogen-bond acceptors (Lipinski definition) is 10. The molecule has 0 radical (unpaired) electrons. The van der Waals surface area contributed by atoms with Crippen LogP contribution in [0.25, 0.3) is 11.1 Å². The third-order valence-corrected chi connectivity index (χ3v) is 9.54. The molecule has 3 aromatic carbocycles. The number of rotatable bonds is 13. The van der Waals surface area contributed by atoms with Gasteiger partial charge in [0.1, 0.15) is 49.4 Å². The molecule has 3 aromatic rings. The molecule has 15 nitrogen and oxygen atoms in total. The van der Waals surface area contributed by atoms with E-state index >= 15 is 0 Å². The van der Waals surface area contributed by atoms with E-state index in [0.717, 1.165) is 18.4 Å². The van der Waals surface area contributed by atoms with Crippen molar-refractivity contribution in [3.8, 4) is 28.7 Å². The largest absolute Gasteiger partial charge is 0.492 e. The van der Waals surface area contributed by atoms with Crippen molar-refractivity contribution in [1.82, 2.24) is 26.2 Å². The Morgan fingerprint density at radius 3 is 2.18 bits per heavy atom. The first-order chi connectivity index (χ1) is 26.4. The highest BCUT2D eigenvalue weighted by molar-refractivity contribution is 5.99. The second kappa shape index (κ2) is 18.4. The number of carbonyl (C=O) groups is 5. The minimum absolute atomic E-state index is 0.0300. The second-order valence-electron chi connectivity index (χ2n) is 13.7. The highest BCUT2D eigenvalue weighted by Gasteiger charge is 2.34. The fourth-order valence-electron chi connectivity index (χ4n) is 6.46. The zero-order chi connectivity index (χ0) is 39.6. The number of hydrogen-bond donors (Lipinski definition) is 6. The maximum atomic E-state index is 14.2. The Morgan fingerprint density at radius 1 is 0.891 bits per heavy atom. The molecule has 1 heterocycles. The maximum Gasteiger partial charge on any atom is 0.251 e. The van der Waals surface area contributed by atoms with Crippen LogP contribution >= 0.6 is 0 Å². The molecule has 1 fully saturated rings. The van der Waals surface area contributed by atoms with Crippen molar-refractivity contribution in [1.29, 1.82) is 5.26 Å². The lowest BCUT2D eigenvalue weighted by molar-refractivity contribution is -0.139. The van der Waals surface area contributed by atoms with Gasteiger partial charge in [0, 0.05) is 43.2 Å². The van der Waals surface area contributed by atoms with Crippen LogP contribution in [0.5, 0.6) is 11.5 Å². The Morgan fingerprint density at radius 2 is 1.55 bits per heavy atom. The smallest absolute Gasteiger partial charge is 0.251 e. The number of aryl methyl sites for hydroxylation is 1. The molecule has 0 aromatic heterocycles. The number of ether oxygens (including phenoxy) is 2. The van der Waals surface area contributed by atoms with Crippen molar-refractivity contribution in [2.75, 3.05) is 46.4 Å². The lowest BCUT2D eigenvalue weighted by atomic mass is 9.93. The van der Waals surface area contributed by atoms with E-state index in [0.29, 0.717) is 45.2 Å². The summed E-state index contributed by atoms with van der Waals surface area (Å²) in [6.07, 6.45) is 2.29. The fourth-order valence-corrected chi connectivity index (χ4v) is 6.46. The minimum Gasteiger partial charge on any atom is -0.492 e. The van der Waals surface area contributed by atoms with Gasteiger partial charge >= 0.3 is 0 Å². The van der Waals surface area contributed by atoms with Crippen molar-refractivity contribution in [2.45, 2.75) is 57.2 Å². The molecule has 5 amide bonds. The van der Waals surface area contributed by atoms with Gasteiger partial charge in [-0.25, -0.2) is 0 Å². The number of fused-ring (bicyclic) bond motifs is 5. The summed E-state index contributed by atoms with van der Waals surface area (Å²) in [5.41, 5.74) is 16.0. The summed E-state index contributed by atoms with van der Waals surface area (Å²) in [7, 11) is 1.44. The predicted molar refractivity (Wildman–Crippen MR) is 204 cm³/mol. The van der Waals surface area contributed by atoms with Crippen LogP contribution in [0.4, 0.5) is 0 Å². The van der Waals surface area contributed by atoms with Crippen LogP contribution in [-0.2, 0) is 25.6 Å². The van der Waals surface area contributed by atoms with E-state index in [1.165, 1.54) is 24.4 Å². The van der Waals surface area contributed by atoms with Crippen LogP contribution < -0.4 is 42.2 Å². The standard InChI is InChI=1S/C40H48N8O7/c1-23-18-27(26-5-6-26)7-9-29(23)38(51)45-22-35(49)48(3)36-28-8-11-34(55-17-14-43)31(21-28)30-19-25(4-10-33(30)54-16-13-42)20-32(39(52)44-15-12-41)47-37(50)24(2)46-40(36)53/h4,7-11,18-19,21,24,26,32,36H,5-6,13-17,20,22,42-43H2,1-3H3,(H,44,52)(H,45,51)(H,46,53)(H,47,50)/t24-,32-,36-/m0/s1. The summed E-state index contributed by atoms with van der Waals surface area (Å²) in [6.45, 7) is 3.40. The SMILES string of the molecule is Cc1cc(C2CC2)ccc1C(=O)NCC(=O)N(C)[C@@H]1C(=O)N[C@@H](C)C(=O)N[C@H](C(=O)NCC#N)Cc2ccc(OCCN)c(c2)-c2cc1ccc2OCCN. The summed E-state index contributed by atoms with van der Waals surface area (Å²) in [4.78, 5) is 69.1. The topological polar surface area (TPSA) is 231 Å². The number of benzene rings is 3. The lowest BCUT2D eigenvalue weighted by Crippen LogP contribution is -2.55. The van der Waals surface area contributed by atoms with E-state index in [2.05, 4.69) is 21.3 Å². The van der Waals surface area contributed by atoms with Gasteiger partial charge in [0.05, 0.1) is 12.6 Å². The molecule has 290 valence electrons. The molecular formula is C40H48N8O7. The molecule has 5 rings (SSSR count). The molecule has 3 atom stereocenters. The number of likely N-dealkylation sites (N-methyl/N-ethyl adjacent to an activating group) is 1. The molecule has 55 heavy (non-hydrogen) atoms. The lowest BCUT2D eigenvalue weighted by Gasteiger charge is -2.30. The van der Waals surface area contributed by atoms with Crippen LogP contribution in [0.2, 0.25) is 0 Å².